The quantitative estimate of drug-likeness (QED) is 0.593. The molecule has 118 valence electrons. The minimum absolute atomic E-state index is 0.0439. The Hall–Kier alpha value is -2.58. The van der Waals surface area contributed by atoms with Crippen LogP contribution in [-0.2, 0) is 12.8 Å². The van der Waals surface area contributed by atoms with Crippen molar-refractivity contribution in [3.05, 3.63) is 34.8 Å². The fourth-order valence-corrected chi connectivity index (χ4v) is 2.06. The highest BCUT2D eigenvalue weighted by Crippen LogP contribution is 2.33. The van der Waals surface area contributed by atoms with Gasteiger partial charge in [-0.2, -0.15) is 0 Å². The van der Waals surface area contributed by atoms with Crippen LogP contribution < -0.4 is 0 Å². The second-order valence-corrected chi connectivity index (χ2v) is 4.49. The first kappa shape index (κ1) is 15.8. The smallest absolute Gasteiger partial charge is 0.371 e. The summed E-state index contributed by atoms with van der Waals surface area (Å²) in [6.45, 7) is -0.485. The summed E-state index contributed by atoms with van der Waals surface area (Å²) in [5.74, 6) is -3.19. The van der Waals surface area contributed by atoms with Crippen molar-refractivity contribution >= 4 is 11.9 Å². The number of rotatable bonds is 7. The summed E-state index contributed by atoms with van der Waals surface area (Å²) < 4.78 is 10.4. The Morgan fingerprint density at radius 1 is 0.818 bits per heavy atom. The van der Waals surface area contributed by atoms with Gasteiger partial charge in [-0.3, -0.25) is 0 Å². The van der Waals surface area contributed by atoms with Crippen LogP contribution in [0.1, 0.15) is 32.2 Å². The van der Waals surface area contributed by atoms with Gasteiger partial charge in [-0.1, -0.05) is 0 Å². The third kappa shape index (κ3) is 3.02. The van der Waals surface area contributed by atoms with Crippen molar-refractivity contribution in [1.29, 1.82) is 0 Å². The van der Waals surface area contributed by atoms with Crippen LogP contribution in [-0.4, -0.2) is 45.6 Å². The van der Waals surface area contributed by atoms with Gasteiger partial charge in [-0.15, -0.1) is 0 Å². The average Bonchev–Trinajstić information content (AvgIpc) is 3.04. The Morgan fingerprint density at radius 3 is 1.45 bits per heavy atom. The Kier molecular flexibility index (Phi) is 4.64. The number of aliphatic hydroxyl groups excluding tert-OH is 2. The van der Waals surface area contributed by atoms with E-state index in [1.54, 1.807) is 0 Å². The van der Waals surface area contributed by atoms with E-state index in [0.29, 0.717) is 11.1 Å². The molecular formula is C14H14O8. The Labute approximate surface area is 124 Å². The second-order valence-electron chi connectivity index (χ2n) is 4.49. The lowest BCUT2D eigenvalue weighted by molar-refractivity contribution is 0.0650. The molecule has 0 aliphatic rings. The van der Waals surface area contributed by atoms with E-state index in [9.17, 15) is 9.59 Å². The highest BCUT2D eigenvalue weighted by atomic mass is 16.4. The molecule has 0 spiro atoms. The SMILES string of the molecule is O=C(O)c1cc(CCO)c(-c2oc(C(=O)O)cc2CCO)o1. The zero-order valence-corrected chi connectivity index (χ0v) is 11.4. The molecular weight excluding hydrogens is 296 g/mol. The van der Waals surface area contributed by atoms with Gasteiger partial charge < -0.3 is 29.3 Å². The molecule has 0 aromatic carbocycles. The predicted molar refractivity (Wildman–Crippen MR) is 71.9 cm³/mol. The maximum atomic E-state index is 11.0. The molecule has 2 heterocycles. The van der Waals surface area contributed by atoms with Crippen LogP contribution in [0.5, 0.6) is 0 Å². The summed E-state index contributed by atoms with van der Waals surface area (Å²) in [6.07, 6.45) is 0.238. The summed E-state index contributed by atoms with van der Waals surface area (Å²) in [4.78, 5) is 22.0. The molecule has 4 N–H and O–H groups in total. The molecule has 0 saturated carbocycles. The van der Waals surface area contributed by atoms with Gasteiger partial charge in [0.05, 0.1) is 0 Å². The minimum atomic E-state index is -1.29. The molecule has 0 aliphatic carbocycles. The molecule has 0 saturated heterocycles. The van der Waals surface area contributed by atoms with Crippen LogP contribution in [0.2, 0.25) is 0 Å². The van der Waals surface area contributed by atoms with E-state index in [1.165, 1.54) is 12.1 Å². The normalized spacial score (nSPS) is 10.8. The van der Waals surface area contributed by atoms with Crippen molar-refractivity contribution in [3.63, 3.8) is 0 Å². The first-order valence-corrected chi connectivity index (χ1v) is 6.42. The summed E-state index contributed by atoms with van der Waals surface area (Å²) in [5.41, 5.74) is 0.760. The van der Waals surface area contributed by atoms with E-state index in [-0.39, 0.29) is 49.1 Å². The Morgan fingerprint density at radius 2 is 1.18 bits per heavy atom. The van der Waals surface area contributed by atoms with Crippen molar-refractivity contribution in [3.8, 4) is 11.5 Å². The van der Waals surface area contributed by atoms with E-state index >= 15 is 0 Å². The highest BCUT2D eigenvalue weighted by Gasteiger charge is 2.24. The molecule has 8 heteroatoms. The molecule has 0 aliphatic heterocycles. The zero-order chi connectivity index (χ0) is 16.3. The molecule has 0 fully saturated rings. The number of furan rings is 2. The highest BCUT2D eigenvalue weighted by molar-refractivity contribution is 5.87. The summed E-state index contributed by atoms with van der Waals surface area (Å²) in [6, 6.07) is 2.50. The Balaban J connectivity index is 2.58. The summed E-state index contributed by atoms with van der Waals surface area (Å²) >= 11 is 0. The van der Waals surface area contributed by atoms with Gasteiger partial charge >= 0.3 is 11.9 Å². The topological polar surface area (TPSA) is 141 Å². The number of aromatic carboxylic acids is 2. The van der Waals surface area contributed by atoms with Crippen molar-refractivity contribution in [1.82, 2.24) is 0 Å². The van der Waals surface area contributed by atoms with Crippen LogP contribution in [0.25, 0.3) is 11.5 Å². The third-order valence-electron chi connectivity index (χ3n) is 3.01. The second kappa shape index (κ2) is 6.46. The standard InChI is InChI=1S/C14H14O8/c15-3-1-7-5-9(13(17)18)21-11(7)12-8(2-4-16)6-10(22-12)14(19)20/h5-6,15-16H,1-4H2,(H,17,18)(H,19,20). The van der Waals surface area contributed by atoms with Crippen molar-refractivity contribution in [2.45, 2.75) is 12.8 Å². The molecule has 0 radical (unpaired) electrons. The largest absolute Gasteiger partial charge is 0.475 e. The third-order valence-corrected chi connectivity index (χ3v) is 3.01. The zero-order valence-electron chi connectivity index (χ0n) is 11.4. The lowest BCUT2D eigenvalue weighted by Crippen LogP contribution is -1.94. The molecule has 0 bridgehead atoms. The van der Waals surface area contributed by atoms with Crippen LogP contribution in [0.4, 0.5) is 0 Å². The number of aliphatic hydroxyl groups is 2. The first-order chi connectivity index (χ1) is 10.5. The maximum absolute atomic E-state index is 11.0. The maximum Gasteiger partial charge on any atom is 0.371 e. The average molecular weight is 310 g/mol. The van der Waals surface area contributed by atoms with Gasteiger partial charge in [-0.05, 0) is 25.0 Å². The molecule has 2 aromatic rings. The van der Waals surface area contributed by atoms with Gasteiger partial charge in [-0.25, -0.2) is 9.59 Å². The molecule has 0 unspecified atom stereocenters. The number of carboxylic acid groups (broad SMARTS) is 2. The Bertz CT molecular complexity index is 634. The first-order valence-electron chi connectivity index (χ1n) is 6.42. The monoisotopic (exact) mass is 310 g/mol. The van der Waals surface area contributed by atoms with Gasteiger partial charge in [0, 0.05) is 24.3 Å². The van der Waals surface area contributed by atoms with Gasteiger partial charge in [0.15, 0.2) is 11.5 Å². The van der Waals surface area contributed by atoms with Crippen molar-refractivity contribution in [2.24, 2.45) is 0 Å². The number of hydrogen-bond acceptors (Lipinski definition) is 6. The van der Waals surface area contributed by atoms with E-state index < -0.39 is 11.9 Å². The van der Waals surface area contributed by atoms with E-state index in [1.807, 2.05) is 0 Å². The minimum Gasteiger partial charge on any atom is -0.475 e. The fourth-order valence-electron chi connectivity index (χ4n) is 2.06. The van der Waals surface area contributed by atoms with Crippen LogP contribution in [0.3, 0.4) is 0 Å². The summed E-state index contributed by atoms with van der Waals surface area (Å²) in [7, 11) is 0. The molecule has 8 nitrogen and oxygen atoms in total. The van der Waals surface area contributed by atoms with Crippen LogP contribution in [0, 0.1) is 0 Å². The molecule has 2 rings (SSSR count). The molecule has 2 aromatic heterocycles. The van der Waals surface area contributed by atoms with Gasteiger partial charge in [0.1, 0.15) is 0 Å². The molecule has 0 amide bonds. The van der Waals surface area contributed by atoms with Crippen molar-refractivity contribution < 1.29 is 38.8 Å². The van der Waals surface area contributed by atoms with E-state index in [2.05, 4.69) is 0 Å². The number of carbonyl (C=O) groups is 2. The van der Waals surface area contributed by atoms with E-state index in [0.717, 1.165) is 0 Å². The fraction of sp³-hybridized carbons (Fsp3) is 0.286. The van der Waals surface area contributed by atoms with Gasteiger partial charge in [0.2, 0.25) is 11.5 Å². The van der Waals surface area contributed by atoms with Crippen LogP contribution in [0.15, 0.2) is 21.0 Å². The lowest BCUT2D eigenvalue weighted by Gasteiger charge is -2.01. The lowest BCUT2D eigenvalue weighted by atomic mass is 10.1. The summed E-state index contributed by atoms with van der Waals surface area (Å²) in [5, 5.41) is 36.1. The molecule has 0 atom stereocenters. The predicted octanol–water partition coefficient (Wildman–Crippen LogP) is 1.01. The molecule has 22 heavy (non-hydrogen) atoms. The van der Waals surface area contributed by atoms with Gasteiger partial charge in [0.25, 0.3) is 0 Å². The number of carboxylic acids is 2. The van der Waals surface area contributed by atoms with Crippen molar-refractivity contribution in [2.75, 3.05) is 13.2 Å². The number of hydrogen-bond donors (Lipinski definition) is 4. The van der Waals surface area contributed by atoms with E-state index in [4.69, 9.17) is 29.3 Å². The van der Waals surface area contributed by atoms with Crippen LogP contribution >= 0.6 is 0 Å².